The molecule has 10 heteroatoms. The number of benzene rings is 1. The quantitative estimate of drug-likeness (QED) is 0.577. The highest BCUT2D eigenvalue weighted by Gasteiger charge is 2.24. The molecule has 0 atom stereocenters. The number of halogens is 1. The van der Waals surface area contributed by atoms with Gasteiger partial charge in [-0.25, -0.2) is 8.42 Å². The maximum atomic E-state index is 13.1. The number of aromatic nitrogens is 3. The second-order valence-electron chi connectivity index (χ2n) is 7.14. The minimum absolute atomic E-state index is 0.0689. The van der Waals surface area contributed by atoms with Crippen molar-refractivity contribution in [2.75, 3.05) is 18.4 Å². The number of sulfonamides is 1. The van der Waals surface area contributed by atoms with E-state index in [9.17, 15) is 13.2 Å². The predicted molar refractivity (Wildman–Crippen MR) is 122 cm³/mol. The third kappa shape index (κ3) is 4.26. The minimum Gasteiger partial charge on any atom is -0.320 e. The zero-order valence-electron chi connectivity index (χ0n) is 18.2. The van der Waals surface area contributed by atoms with Crippen LogP contribution in [0.15, 0.2) is 41.4 Å². The van der Waals surface area contributed by atoms with Crippen molar-refractivity contribution < 1.29 is 13.2 Å². The van der Waals surface area contributed by atoms with Gasteiger partial charge in [0.15, 0.2) is 0 Å². The Morgan fingerprint density at radius 3 is 2.32 bits per heavy atom. The molecule has 0 saturated carbocycles. The molecule has 0 aliphatic rings. The maximum absolute atomic E-state index is 13.1. The van der Waals surface area contributed by atoms with Crippen LogP contribution in [0.3, 0.4) is 0 Å². The number of carbonyl (C=O) groups is 1. The second-order valence-corrected chi connectivity index (χ2v) is 9.49. The molecule has 166 valence electrons. The van der Waals surface area contributed by atoms with Crippen LogP contribution in [0, 0.1) is 13.8 Å². The molecule has 2 aromatic heterocycles. The van der Waals surface area contributed by atoms with E-state index in [-0.39, 0.29) is 15.6 Å². The van der Waals surface area contributed by atoms with Gasteiger partial charge in [-0.2, -0.15) is 9.40 Å². The van der Waals surface area contributed by atoms with Gasteiger partial charge in [0.25, 0.3) is 5.91 Å². The third-order valence-electron chi connectivity index (χ3n) is 5.16. The van der Waals surface area contributed by atoms with Crippen molar-refractivity contribution >= 4 is 33.2 Å². The van der Waals surface area contributed by atoms with Gasteiger partial charge in [0.05, 0.1) is 21.8 Å². The topological polar surface area (TPSA) is 89.2 Å². The standard InChI is InChI=1S/C21H26ClN5O3S/c1-6-26(7-2)31(29,30)16-10-11-18(22)19(12-16)24-20(28)17-13-23-25(5)21(17)27-14(3)8-9-15(27)4/h8-13H,6-7H2,1-5H3,(H,24,28). The molecule has 8 nitrogen and oxygen atoms in total. The van der Waals surface area contributed by atoms with Gasteiger partial charge < -0.3 is 9.88 Å². The van der Waals surface area contributed by atoms with Crippen molar-refractivity contribution in [3.63, 3.8) is 0 Å². The predicted octanol–water partition coefficient (Wildman–Crippen LogP) is 3.76. The Kier molecular flexibility index (Phi) is 6.59. The summed E-state index contributed by atoms with van der Waals surface area (Å²) in [5.74, 6) is 0.176. The summed E-state index contributed by atoms with van der Waals surface area (Å²) in [5, 5.41) is 7.23. The normalized spacial score (nSPS) is 11.8. The summed E-state index contributed by atoms with van der Waals surface area (Å²) in [6, 6.07) is 8.21. The number of hydrogen-bond donors (Lipinski definition) is 1. The number of amides is 1. The molecule has 0 saturated heterocycles. The fourth-order valence-corrected chi connectivity index (χ4v) is 5.17. The summed E-state index contributed by atoms with van der Waals surface area (Å²) in [7, 11) is -1.93. The number of hydrogen-bond acceptors (Lipinski definition) is 4. The van der Waals surface area contributed by atoms with Crippen LogP contribution in [0.2, 0.25) is 5.02 Å². The zero-order valence-corrected chi connectivity index (χ0v) is 19.8. The molecular formula is C21H26ClN5O3S. The molecule has 1 amide bonds. The van der Waals surface area contributed by atoms with Crippen LogP contribution in [0.4, 0.5) is 5.69 Å². The van der Waals surface area contributed by atoms with E-state index in [1.54, 1.807) is 25.6 Å². The van der Waals surface area contributed by atoms with E-state index in [0.29, 0.717) is 24.5 Å². The highest BCUT2D eigenvalue weighted by atomic mass is 35.5. The number of rotatable bonds is 7. The van der Waals surface area contributed by atoms with Crippen LogP contribution in [-0.4, -0.2) is 46.1 Å². The van der Waals surface area contributed by atoms with Gasteiger partial charge in [0.2, 0.25) is 10.0 Å². The number of anilines is 1. The molecule has 2 heterocycles. The third-order valence-corrected chi connectivity index (χ3v) is 7.54. The Hall–Kier alpha value is -2.62. The van der Waals surface area contributed by atoms with Gasteiger partial charge >= 0.3 is 0 Å². The summed E-state index contributed by atoms with van der Waals surface area (Å²) < 4.78 is 30.6. The lowest BCUT2D eigenvalue weighted by Gasteiger charge is -2.19. The number of nitrogens with zero attached hydrogens (tertiary/aromatic N) is 4. The Morgan fingerprint density at radius 1 is 1.13 bits per heavy atom. The number of aryl methyl sites for hydroxylation is 3. The van der Waals surface area contributed by atoms with Gasteiger partial charge in [0.1, 0.15) is 11.4 Å². The maximum Gasteiger partial charge on any atom is 0.261 e. The molecule has 0 bridgehead atoms. The lowest BCUT2D eigenvalue weighted by molar-refractivity contribution is 0.102. The van der Waals surface area contributed by atoms with E-state index in [1.807, 2.05) is 30.5 Å². The smallest absolute Gasteiger partial charge is 0.261 e. The fraction of sp³-hybridized carbons (Fsp3) is 0.333. The molecule has 0 fully saturated rings. The molecule has 0 unspecified atom stereocenters. The first-order valence-corrected chi connectivity index (χ1v) is 11.7. The van der Waals surface area contributed by atoms with E-state index >= 15 is 0 Å². The van der Waals surface area contributed by atoms with E-state index < -0.39 is 15.9 Å². The van der Waals surface area contributed by atoms with E-state index in [4.69, 9.17) is 11.6 Å². The molecule has 1 aromatic carbocycles. The highest BCUT2D eigenvalue weighted by molar-refractivity contribution is 7.89. The summed E-state index contributed by atoms with van der Waals surface area (Å²) in [6.45, 7) is 8.12. The van der Waals surface area contributed by atoms with Gasteiger partial charge in [-0.15, -0.1) is 0 Å². The first-order valence-electron chi connectivity index (χ1n) is 9.90. The largest absolute Gasteiger partial charge is 0.320 e. The van der Waals surface area contributed by atoms with Crippen molar-refractivity contribution in [1.82, 2.24) is 18.7 Å². The Balaban J connectivity index is 1.99. The van der Waals surface area contributed by atoms with Crippen molar-refractivity contribution in [3.8, 4) is 5.82 Å². The average molecular weight is 464 g/mol. The SMILES string of the molecule is CCN(CC)S(=O)(=O)c1ccc(Cl)c(NC(=O)c2cnn(C)c2-n2c(C)ccc2C)c1. The minimum atomic E-state index is -3.69. The summed E-state index contributed by atoms with van der Waals surface area (Å²) in [5.41, 5.74) is 2.48. The average Bonchev–Trinajstić information content (AvgIpc) is 3.25. The van der Waals surface area contributed by atoms with E-state index in [2.05, 4.69) is 10.4 Å². The molecule has 31 heavy (non-hydrogen) atoms. The summed E-state index contributed by atoms with van der Waals surface area (Å²) in [4.78, 5) is 13.2. The molecule has 1 N–H and O–H groups in total. The first-order chi connectivity index (χ1) is 14.6. The molecule has 3 rings (SSSR count). The highest BCUT2D eigenvalue weighted by Crippen LogP contribution is 2.28. The van der Waals surface area contributed by atoms with Crippen molar-refractivity contribution in [2.24, 2.45) is 7.05 Å². The van der Waals surface area contributed by atoms with Crippen LogP contribution < -0.4 is 5.32 Å². The molecule has 0 spiro atoms. The fourth-order valence-electron chi connectivity index (χ4n) is 3.52. The van der Waals surface area contributed by atoms with Crippen LogP contribution in [0.25, 0.3) is 5.82 Å². The monoisotopic (exact) mass is 463 g/mol. The summed E-state index contributed by atoms with van der Waals surface area (Å²) >= 11 is 6.27. The van der Waals surface area contributed by atoms with E-state index in [1.165, 1.54) is 28.7 Å². The lowest BCUT2D eigenvalue weighted by atomic mass is 10.2. The lowest BCUT2D eigenvalue weighted by Crippen LogP contribution is -2.30. The van der Waals surface area contributed by atoms with Crippen LogP contribution in [0.5, 0.6) is 0 Å². The number of nitrogens with one attached hydrogen (secondary N) is 1. The van der Waals surface area contributed by atoms with Gasteiger partial charge in [0, 0.05) is 31.5 Å². The molecular weight excluding hydrogens is 438 g/mol. The van der Waals surface area contributed by atoms with Crippen LogP contribution in [-0.2, 0) is 17.1 Å². The van der Waals surface area contributed by atoms with Gasteiger partial charge in [-0.05, 0) is 44.2 Å². The Morgan fingerprint density at radius 2 is 1.74 bits per heavy atom. The van der Waals surface area contributed by atoms with E-state index in [0.717, 1.165) is 11.4 Å². The Labute approximate surface area is 187 Å². The number of carbonyl (C=O) groups excluding carboxylic acids is 1. The van der Waals surface area contributed by atoms with Crippen molar-refractivity contribution in [3.05, 3.63) is 58.5 Å². The Bertz CT molecular complexity index is 1210. The van der Waals surface area contributed by atoms with Crippen molar-refractivity contribution in [1.29, 1.82) is 0 Å². The first kappa shape index (κ1) is 23.1. The van der Waals surface area contributed by atoms with Gasteiger partial charge in [-0.1, -0.05) is 25.4 Å². The second kappa shape index (κ2) is 8.86. The zero-order chi connectivity index (χ0) is 22.9. The summed E-state index contributed by atoms with van der Waals surface area (Å²) in [6.07, 6.45) is 1.48. The molecule has 0 radical (unpaired) electrons. The molecule has 0 aliphatic heterocycles. The van der Waals surface area contributed by atoms with Gasteiger partial charge in [-0.3, -0.25) is 9.48 Å². The van der Waals surface area contributed by atoms with Crippen molar-refractivity contribution in [2.45, 2.75) is 32.6 Å². The molecule has 0 aliphatic carbocycles. The van der Waals surface area contributed by atoms with Crippen LogP contribution in [0.1, 0.15) is 35.6 Å². The van der Waals surface area contributed by atoms with Crippen LogP contribution >= 0.6 is 11.6 Å². The molecule has 3 aromatic rings.